The van der Waals surface area contributed by atoms with Gasteiger partial charge in [-0.05, 0) is 36.2 Å². The molecule has 0 saturated carbocycles. The Balaban J connectivity index is 1.37. The van der Waals surface area contributed by atoms with E-state index < -0.39 is 0 Å². The van der Waals surface area contributed by atoms with Crippen LogP contribution in [-0.2, 0) is 11.2 Å². The van der Waals surface area contributed by atoms with E-state index in [0.717, 1.165) is 34.6 Å². The van der Waals surface area contributed by atoms with E-state index >= 15 is 0 Å². The maximum absolute atomic E-state index is 12.4. The molecule has 1 aliphatic heterocycles. The highest BCUT2D eigenvalue weighted by atomic mass is 16.5. The predicted molar refractivity (Wildman–Crippen MR) is 103 cm³/mol. The molecule has 2 aromatic carbocycles. The van der Waals surface area contributed by atoms with Gasteiger partial charge in [-0.3, -0.25) is 14.8 Å². The molecule has 27 heavy (non-hydrogen) atoms. The van der Waals surface area contributed by atoms with Gasteiger partial charge in [0, 0.05) is 24.4 Å². The summed E-state index contributed by atoms with van der Waals surface area (Å²) in [6, 6.07) is 15.8. The summed E-state index contributed by atoms with van der Waals surface area (Å²) in [7, 11) is 0. The van der Waals surface area contributed by atoms with Crippen molar-refractivity contribution in [2.24, 2.45) is 0 Å². The SMILES string of the molecule is C[C@@H](C(=O)NC[C@@H]1Cc2cc(-c3cnccn3)ccc2O1)c1ccccc1. The van der Waals surface area contributed by atoms with Crippen molar-refractivity contribution in [3.8, 4) is 17.0 Å². The molecule has 4 rings (SSSR count). The summed E-state index contributed by atoms with van der Waals surface area (Å²) in [5, 5.41) is 3.02. The number of aromatic nitrogens is 2. The number of amides is 1. The first-order valence-corrected chi connectivity index (χ1v) is 9.09. The number of carbonyl (C=O) groups excluding carboxylic acids is 1. The van der Waals surface area contributed by atoms with E-state index in [9.17, 15) is 4.79 Å². The van der Waals surface area contributed by atoms with Crippen molar-refractivity contribution in [3.05, 3.63) is 78.2 Å². The molecule has 136 valence electrons. The minimum atomic E-state index is -0.182. The van der Waals surface area contributed by atoms with Crippen LogP contribution in [0.2, 0.25) is 0 Å². The fourth-order valence-electron chi connectivity index (χ4n) is 3.30. The van der Waals surface area contributed by atoms with Crippen molar-refractivity contribution in [2.75, 3.05) is 6.54 Å². The third-order valence-electron chi connectivity index (χ3n) is 4.86. The van der Waals surface area contributed by atoms with Gasteiger partial charge in [0.2, 0.25) is 5.91 Å². The highest BCUT2D eigenvalue weighted by molar-refractivity contribution is 5.83. The van der Waals surface area contributed by atoms with Crippen LogP contribution < -0.4 is 10.1 Å². The molecule has 0 radical (unpaired) electrons. The van der Waals surface area contributed by atoms with Crippen LogP contribution in [0.25, 0.3) is 11.3 Å². The minimum absolute atomic E-state index is 0.0148. The Labute approximate surface area is 158 Å². The maximum atomic E-state index is 12.4. The van der Waals surface area contributed by atoms with Gasteiger partial charge in [0.05, 0.1) is 24.4 Å². The number of nitrogens with zero attached hydrogens (tertiary/aromatic N) is 2. The van der Waals surface area contributed by atoms with Crippen molar-refractivity contribution in [2.45, 2.75) is 25.4 Å². The fraction of sp³-hybridized carbons (Fsp3) is 0.227. The number of benzene rings is 2. The maximum Gasteiger partial charge on any atom is 0.227 e. The van der Waals surface area contributed by atoms with Crippen LogP contribution in [0, 0.1) is 0 Å². The van der Waals surface area contributed by atoms with Crippen LogP contribution >= 0.6 is 0 Å². The topological polar surface area (TPSA) is 64.1 Å². The van der Waals surface area contributed by atoms with Gasteiger partial charge >= 0.3 is 0 Å². The van der Waals surface area contributed by atoms with Crippen molar-refractivity contribution in [1.29, 1.82) is 0 Å². The molecule has 0 bridgehead atoms. The quantitative estimate of drug-likeness (QED) is 0.759. The van der Waals surface area contributed by atoms with E-state index in [1.807, 2.05) is 49.4 Å². The Morgan fingerprint density at radius 3 is 2.85 bits per heavy atom. The lowest BCUT2D eigenvalue weighted by Crippen LogP contribution is -2.36. The van der Waals surface area contributed by atoms with Gasteiger partial charge in [0.1, 0.15) is 11.9 Å². The Hall–Kier alpha value is -3.21. The molecule has 5 heteroatoms. The van der Waals surface area contributed by atoms with E-state index in [0.29, 0.717) is 6.54 Å². The fourth-order valence-corrected chi connectivity index (χ4v) is 3.30. The van der Waals surface area contributed by atoms with Crippen molar-refractivity contribution < 1.29 is 9.53 Å². The summed E-state index contributed by atoms with van der Waals surface area (Å²) in [4.78, 5) is 20.9. The van der Waals surface area contributed by atoms with Crippen LogP contribution in [0.15, 0.2) is 67.1 Å². The Morgan fingerprint density at radius 1 is 1.22 bits per heavy atom. The molecule has 0 saturated heterocycles. The number of fused-ring (bicyclic) bond motifs is 1. The van der Waals surface area contributed by atoms with Gasteiger partial charge in [-0.15, -0.1) is 0 Å². The van der Waals surface area contributed by atoms with Gasteiger partial charge in [-0.1, -0.05) is 30.3 Å². The van der Waals surface area contributed by atoms with Gasteiger partial charge in [0.25, 0.3) is 0 Å². The number of hydrogen-bond donors (Lipinski definition) is 1. The first-order valence-electron chi connectivity index (χ1n) is 9.09. The number of hydrogen-bond acceptors (Lipinski definition) is 4. The van der Waals surface area contributed by atoms with Crippen molar-refractivity contribution >= 4 is 5.91 Å². The van der Waals surface area contributed by atoms with Crippen LogP contribution in [-0.4, -0.2) is 28.5 Å². The normalized spacial score (nSPS) is 16.3. The predicted octanol–water partition coefficient (Wildman–Crippen LogP) is 3.37. The number of rotatable bonds is 5. The average Bonchev–Trinajstić information content (AvgIpc) is 3.15. The van der Waals surface area contributed by atoms with Gasteiger partial charge in [-0.25, -0.2) is 0 Å². The van der Waals surface area contributed by atoms with E-state index in [-0.39, 0.29) is 17.9 Å². The Morgan fingerprint density at radius 2 is 2.07 bits per heavy atom. The molecule has 1 aromatic heterocycles. The van der Waals surface area contributed by atoms with Crippen LogP contribution in [0.1, 0.15) is 24.0 Å². The van der Waals surface area contributed by atoms with Crippen molar-refractivity contribution in [1.82, 2.24) is 15.3 Å². The molecule has 3 aromatic rings. The number of carbonyl (C=O) groups is 1. The largest absolute Gasteiger partial charge is 0.488 e. The third kappa shape index (κ3) is 3.82. The number of nitrogens with one attached hydrogen (secondary N) is 1. The second kappa shape index (κ2) is 7.58. The second-order valence-corrected chi connectivity index (χ2v) is 6.73. The Kier molecular flexibility index (Phi) is 4.83. The summed E-state index contributed by atoms with van der Waals surface area (Å²) >= 11 is 0. The molecular formula is C22H21N3O2. The zero-order valence-corrected chi connectivity index (χ0v) is 15.1. The Bertz CT molecular complexity index is 929. The minimum Gasteiger partial charge on any atom is -0.488 e. The highest BCUT2D eigenvalue weighted by Gasteiger charge is 2.25. The lowest BCUT2D eigenvalue weighted by atomic mass is 10.0. The van der Waals surface area contributed by atoms with E-state index in [1.54, 1.807) is 18.6 Å². The summed E-state index contributed by atoms with van der Waals surface area (Å²) in [5.41, 5.74) is 4.01. The monoisotopic (exact) mass is 359 g/mol. The second-order valence-electron chi connectivity index (χ2n) is 6.73. The van der Waals surface area contributed by atoms with Gasteiger partial charge < -0.3 is 10.1 Å². The first-order chi connectivity index (χ1) is 13.2. The summed E-state index contributed by atoms with van der Waals surface area (Å²) in [5.74, 6) is 0.706. The van der Waals surface area contributed by atoms with Gasteiger partial charge in [0.15, 0.2) is 0 Å². The summed E-state index contributed by atoms with van der Waals surface area (Å²) in [6.07, 6.45) is 5.81. The number of ether oxygens (including phenoxy) is 1. The third-order valence-corrected chi connectivity index (χ3v) is 4.86. The zero-order chi connectivity index (χ0) is 18.6. The molecule has 0 fully saturated rings. The molecule has 2 atom stereocenters. The van der Waals surface area contributed by atoms with E-state index in [4.69, 9.17) is 4.74 Å². The smallest absolute Gasteiger partial charge is 0.227 e. The molecule has 0 spiro atoms. The lowest BCUT2D eigenvalue weighted by molar-refractivity contribution is -0.122. The first kappa shape index (κ1) is 17.2. The standard InChI is InChI=1S/C22H21N3O2/c1-15(16-5-3-2-4-6-16)22(26)25-13-19-12-18-11-17(7-8-21(18)27-19)20-14-23-9-10-24-20/h2-11,14-15,19H,12-13H2,1H3,(H,25,26)/t15-,19+/m1/s1. The van der Waals surface area contributed by atoms with E-state index in [2.05, 4.69) is 21.4 Å². The van der Waals surface area contributed by atoms with Crippen LogP contribution in [0.5, 0.6) is 5.75 Å². The zero-order valence-electron chi connectivity index (χ0n) is 15.1. The average molecular weight is 359 g/mol. The molecule has 1 amide bonds. The molecule has 1 N–H and O–H groups in total. The molecule has 5 nitrogen and oxygen atoms in total. The molecule has 2 heterocycles. The summed E-state index contributed by atoms with van der Waals surface area (Å²) < 4.78 is 5.98. The highest BCUT2D eigenvalue weighted by Crippen LogP contribution is 2.32. The van der Waals surface area contributed by atoms with Crippen LogP contribution in [0.4, 0.5) is 0 Å². The summed E-state index contributed by atoms with van der Waals surface area (Å²) in [6.45, 7) is 2.41. The van der Waals surface area contributed by atoms with Crippen molar-refractivity contribution in [3.63, 3.8) is 0 Å². The van der Waals surface area contributed by atoms with E-state index in [1.165, 1.54) is 0 Å². The molecule has 1 aliphatic rings. The molecular weight excluding hydrogens is 338 g/mol. The molecule has 0 aliphatic carbocycles. The molecule has 0 unspecified atom stereocenters. The van der Waals surface area contributed by atoms with Crippen LogP contribution in [0.3, 0.4) is 0 Å². The lowest BCUT2D eigenvalue weighted by Gasteiger charge is -2.15. The van der Waals surface area contributed by atoms with Gasteiger partial charge in [-0.2, -0.15) is 0 Å².